The molecule has 84 valence electrons. The van der Waals surface area contributed by atoms with E-state index in [1.165, 1.54) is 0 Å². The number of alkyl halides is 3. The molecule has 0 aliphatic carbocycles. The summed E-state index contributed by atoms with van der Waals surface area (Å²) in [4.78, 5) is 1.96. The van der Waals surface area contributed by atoms with Crippen LogP contribution in [0.15, 0.2) is 40.6 Å². The quantitative estimate of drug-likeness (QED) is 0.519. The Bertz CT molecular complexity index is 500. The van der Waals surface area contributed by atoms with E-state index in [0.717, 1.165) is 15.3 Å². The molecule has 5 heteroatoms. The largest absolute Gasteiger partial charge is 0.216 e. The first-order valence-corrected chi connectivity index (χ1v) is 6.88. The van der Waals surface area contributed by atoms with Gasteiger partial charge in [-0.15, -0.1) is 24.0 Å². The number of halogens is 3. The van der Waals surface area contributed by atoms with Crippen LogP contribution in [0.3, 0.4) is 0 Å². The third-order valence-corrected chi connectivity index (χ3v) is 4.10. The predicted molar refractivity (Wildman–Crippen MR) is 76.2 cm³/mol. The van der Waals surface area contributed by atoms with Crippen molar-refractivity contribution in [1.29, 1.82) is 0 Å². The molecule has 0 unspecified atom stereocenters. The maximum Gasteiger partial charge on any atom is 0.216 e. The number of hydrogen-bond acceptors (Lipinski definition) is 2. The molecule has 0 nitrogen and oxygen atoms in total. The summed E-state index contributed by atoms with van der Waals surface area (Å²) in [5.74, 6) is 0. The van der Waals surface area contributed by atoms with Crippen LogP contribution < -0.4 is 0 Å². The van der Waals surface area contributed by atoms with Crippen LogP contribution >= 0.6 is 58.8 Å². The lowest BCUT2D eigenvalue weighted by Crippen LogP contribution is -1.96. The number of benzene rings is 1. The van der Waals surface area contributed by atoms with Gasteiger partial charge in [-0.25, -0.2) is 0 Å². The van der Waals surface area contributed by atoms with Gasteiger partial charge in [0.2, 0.25) is 3.79 Å². The van der Waals surface area contributed by atoms with Crippen LogP contribution in [0, 0.1) is 0 Å². The number of thiophene rings is 1. The van der Waals surface area contributed by atoms with Crippen molar-refractivity contribution in [2.45, 2.75) is 8.69 Å². The van der Waals surface area contributed by atoms with Gasteiger partial charge in [-0.05, 0) is 17.5 Å². The van der Waals surface area contributed by atoms with Crippen LogP contribution in [0.1, 0.15) is 5.56 Å². The fraction of sp³-hybridized carbons (Fsp3) is 0.0909. The van der Waals surface area contributed by atoms with E-state index in [2.05, 4.69) is 12.6 Å². The zero-order valence-corrected chi connectivity index (χ0v) is 11.9. The van der Waals surface area contributed by atoms with Gasteiger partial charge >= 0.3 is 0 Å². The van der Waals surface area contributed by atoms with Crippen LogP contribution in [0.25, 0.3) is 10.4 Å². The Balaban J connectivity index is 2.44. The maximum atomic E-state index is 5.82. The molecule has 0 atom stereocenters. The minimum absolute atomic E-state index is 0.689. The van der Waals surface area contributed by atoms with Crippen molar-refractivity contribution in [3.8, 4) is 10.4 Å². The standard InChI is InChI=1S/C11H7Cl3S2/c12-11(13,14)7-5-10(16-6-7)8-3-1-2-4-9(8)15/h1-6,15H. The first-order chi connectivity index (χ1) is 7.48. The average Bonchev–Trinajstić information content (AvgIpc) is 2.66. The molecule has 2 rings (SSSR count). The highest BCUT2D eigenvalue weighted by Gasteiger charge is 2.24. The summed E-state index contributed by atoms with van der Waals surface area (Å²) in [5.41, 5.74) is 1.74. The fourth-order valence-electron chi connectivity index (χ4n) is 1.31. The molecule has 1 aromatic heterocycles. The first kappa shape index (κ1) is 12.6. The molecule has 0 aliphatic heterocycles. The van der Waals surface area contributed by atoms with Gasteiger partial charge in [-0.2, -0.15) is 0 Å². The van der Waals surface area contributed by atoms with E-state index in [4.69, 9.17) is 34.8 Å². The van der Waals surface area contributed by atoms with E-state index < -0.39 is 3.79 Å². The van der Waals surface area contributed by atoms with Gasteiger partial charge in [0.25, 0.3) is 0 Å². The van der Waals surface area contributed by atoms with Crippen molar-refractivity contribution in [3.63, 3.8) is 0 Å². The van der Waals surface area contributed by atoms with Crippen LogP contribution in [0.4, 0.5) is 0 Å². The Hall–Kier alpha value is 0.140. The zero-order chi connectivity index (χ0) is 11.8. The van der Waals surface area contributed by atoms with Crippen molar-refractivity contribution in [3.05, 3.63) is 41.3 Å². The molecular weight excluding hydrogens is 303 g/mol. The van der Waals surface area contributed by atoms with Crippen LogP contribution in [-0.4, -0.2) is 0 Å². The number of thiol groups is 1. The summed E-state index contributed by atoms with van der Waals surface area (Å²) in [5, 5.41) is 1.85. The average molecular weight is 310 g/mol. The van der Waals surface area contributed by atoms with E-state index in [1.807, 2.05) is 35.7 Å². The van der Waals surface area contributed by atoms with Crippen LogP contribution in [-0.2, 0) is 3.79 Å². The van der Waals surface area contributed by atoms with Gasteiger partial charge in [-0.3, -0.25) is 0 Å². The molecule has 0 amide bonds. The third-order valence-electron chi connectivity index (χ3n) is 2.10. The molecule has 0 N–H and O–H groups in total. The lowest BCUT2D eigenvalue weighted by molar-refractivity contribution is 1.27. The number of hydrogen-bond donors (Lipinski definition) is 1. The second-order valence-electron chi connectivity index (χ2n) is 3.21. The highest BCUT2D eigenvalue weighted by Crippen LogP contribution is 2.42. The van der Waals surface area contributed by atoms with E-state index in [0.29, 0.717) is 5.56 Å². The summed E-state index contributed by atoms with van der Waals surface area (Å²) in [6, 6.07) is 9.72. The van der Waals surface area contributed by atoms with Crippen molar-refractivity contribution >= 4 is 58.8 Å². The van der Waals surface area contributed by atoms with Gasteiger partial charge in [-0.1, -0.05) is 53.0 Å². The molecule has 16 heavy (non-hydrogen) atoms. The Labute approximate surface area is 119 Å². The second kappa shape index (κ2) is 4.79. The number of rotatable bonds is 1. The molecule has 0 saturated carbocycles. The Kier molecular flexibility index (Phi) is 3.77. The SMILES string of the molecule is Sc1ccccc1-c1cc(C(Cl)(Cl)Cl)cs1. The van der Waals surface area contributed by atoms with Gasteiger partial charge < -0.3 is 0 Å². The van der Waals surface area contributed by atoms with Gasteiger partial charge in [0.1, 0.15) is 0 Å². The second-order valence-corrected chi connectivity index (χ2v) is 6.89. The monoisotopic (exact) mass is 308 g/mol. The smallest absolute Gasteiger partial charge is 0.143 e. The van der Waals surface area contributed by atoms with E-state index in [-0.39, 0.29) is 0 Å². The highest BCUT2D eigenvalue weighted by molar-refractivity contribution is 7.80. The molecule has 0 radical (unpaired) electrons. The summed E-state index contributed by atoms with van der Waals surface area (Å²) in [6.07, 6.45) is 0. The third kappa shape index (κ3) is 2.69. The van der Waals surface area contributed by atoms with Crippen LogP contribution in [0.2, 0.25) is 0 Å². The molecule has 0 spiro atoms. The normalized spacial score (nSPS) is 11.8. The lowest BCUT2D eigenvalue weighted by Gasteiger charge is -2.07. The Morgan fingerprint density at radius 3 is 2.38 bits per heavy atom. The van der Waals surface area contributed by atoms with E-state index in [1.54, 1.807) is 11.3 Å². The molecule has 1 aromatic carbocycles. The zero-order valence-electron chi connectivity index (χ0n) is 7.95. The van der Waals surface area contributed by atoms with Gasteiger partial charge in [0, 0.05) is 20.9 Å². The molecule has 2 aromatic rings. The summed E-state index contributed by atoms with van der Waals surface area (Å²) < 4.78 is -1.36. The molecule has 0 saturated heterocycles. The van der Waals surface area contributed by atoms with Crippen LogP contribution in [0.5, 0.6) is 0 Å². The topological polar surface area (TPSA) is 0 Å². The van der Waals surface area contributed by atoms with Crippen molar-refractivity contribution in [2.75, 3.05) is 0 Å². The van der Waals surface area contributed by atoms with E-state index in [9.17, 15) is 0 Å². The van der Waals surface area contributed by atoms with Crippen molar-refractivity contribution in [1.82, 2.24) is 0 Å². The van der Waals surface area contributed by atoms with Gasteiger partial charge in [0.15, 0.2) is 0 Å². The molecule has 1 heterocycles. The summed E-state index contributed by atoms with van der Waals surface area (Å²) in [6.45, 7) is 0. The molecular formula is C11H7Cl3S2. The molecule has 0 bridgehead atoms. The highest BCUT2D eigenvalue weighted by atomic mass is 35.6. The Morgan fingerprint density at radius 1 is 1.12 bits per heavy atom. The fourth-order valence-corrected chi connectivity index (χ4v) is 3.18. The molecule has 0 fully saturated rings. The minimum atomic E-state index is -1.36. The van der Waals surface area contributed by atoms with Gasteiger partial charge in [0.05, 0.1) is 0 Å². The van der Waals surface area contributed by atoms with E-state index >= 15 is 0 Å². The Morgan fingerprint density at radius 2 is 1.81 bits per heavy atom. The summed E-state index contributed by atoms with van der Waals surface area (Å²) >= 11 is 23.4. The van der Waals surface area contributed by atoms with Crippen molar-refractivity contribution in [2.24, 2.45) is 0 Å². The molecule has 0 aliphatic rings. The maximum absolute atomic E-state index is 5.82. The summed E-state index contributed by atoms with van der Waals surface area (Å²) in [7, 11) is 0. The first-order valence-electron chi connectivity index (χ1n) is 4.42. The van der Waals surface area contributed by atoms with Crippen molar-refractivity contribution < 1.29 is 0 Å². The minimum Gasteiger partial charge on any atom is -0.143 e. The predicted octanol–water partition coefficient (Wildman–Crippen LogP) is 5.53. The lowest BCUT2D eigenvalue weighted by atomic mass is 10.2.